The standard InChI is InChI=1S/C15H23NO3S/c1-15(2,3)20-11-5-7-12(17)6-4-10-16-13(18)8-9-14(16)19/h8-9H,4-7,10-11H2,1-3H3. The van der Waals surface area contributed by atoms with Crippen molar-refractivity contribution in [2.24, 2.45) is 0 Å². The fourth-order valence-electron chi connectivity index (χ4n) is 1.86. The number of imide groups is 1. The Morgan fingerprint density at radius 3 is 2.20 bits per heavy atom. The maximum absolute atomic E-state index is 11.7. The molecule has 0 saturated carbocycles. The van der Waals surface area contributed by atoms with E-state index in [1.54, 1.807) is 0 Å². The first kappa shape index (κ1) is 17.0. The number of rotatable bonds is 8. The Balaban J connectivity index is 2.09. The molecule has 1 heterocycles. The van der Waals surface area contributed by atoms with Gasteiger partial charge in [0.15, 0.2) is 0 Å². The second kappa shape index (κ2) is 7.62. The zero-order valence-corrected chi connectivity index (χ0v) is 13.3. The molecular weight excluding hydrogens is 274 g/mol. The molecule has 0 unspecified atom stereocenters. The molecule has 20 heavy (non-hydrogen) atoms. The number of thioether (sulfide) groups is 1. The Labute approximate surface area is 125 Å². The summed E-state index contributed by atoms with van der Waals surface area (Å²) in [5.41, 5.74) is 0. The predicted octanol–water partition coefficient (Wildman–Crippen LogP) is 2.57. The number of hydrogen-bond acceptors (Lipinski definition) is 4. The van der Waals surface area contributed by atoms with Crippen LogP contribution in [0, 0.1) is 0 Å². The first-order valence-corrected chi connectivity index (χ1v) is 7.97. The lowest BCUT2D eigenvalue weighted by molar-refractivity contribution is -0.137. The lowest BCUT2D eigenvalue weighted by atomic mass is 10.1. The van der Waals surface area contributed by atoms with Crippen molar-refractivity contribution in [2.75, 3.05) is 12.3 Å². The van der Waals surface area contributed by atoms with Gasteiger partial charge >= 0.3 is 0 Å². The van der Waals surface area contributed by atoms with Gasteiger partial charge in [0, 0.05) is 36.3 Å². The maximum atomic E-state index is 11.7. The number of carbonyl (C=O) groups excluding carboxylic acids is 3. The molecule has 0 spiro atoms. The van der Waals surface area contributed by atoms with Crippen LogP contribution in [0.1, 0.15) is 46.5 Å². The third-order valence-corrected chi connectivity index (χ3v) is 4.23. The fraction of sp³-hybridized carbons (Fsp3) is 0.667. The van der Waals surface area contributed by atoms with Crippen LogP contribution in [0.4, 0.5) is 0 Å². The van der Waals surface area contributed by atoms with Crippen molar-refractivity contribution in [1.29, 1.82) is 0 Å². The van der Waals surface area contributed by atoms with Gasteiger partial charge in [0.05, 0.1) is 0 Å². The molecule has 4 nitrogen and oxygen atoms in total. The molecular formula is C15H23NO3S. The SMILES string of the molecule is CC(C)(C)SCCCC(=O)CCCN1C(=O)C=CC1=O. The molecule has 0 aliphatic carbocycles. The van der Waals surface area contributed by atoms with E-state index < -0.39 is 0 Å². The van der Waals surface area contributed by atoms with Gasteiger partial charge in [-0.15, -0.1) is 0 Å². The van der Waals surface area contributed by atoms with Gasteiger partial charge in [-0.1, -0.05) is 20.8 Å². The van der Waals surface area contributed by atoms with Crippen LogP contribution in [0.3, 0.4) is 0 Å². The van der Waals surface area contributed by atoms with Gasteiger partial charge < -0.3 is 0 Å². The number of amides is 2. The number of hydrogen-bond donors (Lipinski definition) is 0. The Morgan fingerprint density at radius 2 is 1.65 bits per heavy atom. The molecule has 1 aliphatic heterocycles. The summed E-state index contributed by atoms with van der Waals surface area (Å²) in [6.07, 6.45) is 5.02. The van der Waals surface area contributed by atoms with E-state index in [9.17, 15) is 14.4 Å². The summed E-state index contributed by atoms with van der Waals surface area (Å²) in [4.78, 5) is 35.5. The van der Waals surface area contributed by atoms with Gasteiger partial charge in [-0.05, 0) is 18.6 Å². The van der Waals surface area contributed by atoms with Gasteiger partial charge in [0.2, 0.25) is 0 Å². The fourth-order valence-corrected chi connectivity index (χ4v) is 2.76. The average Bonchev–Trinajstić information content (AvgIpc) is 2.65. The minimum atomic E-state index is -0.274. The van der Waals surface area contributed by atoms with E-state index in [2.05, 4.69) is 20.8 Å². The van der Waals surface area contributed by atoms with E-state index in [1.165, 1.54) is 17.1 Å². The molecule has 0 fully saturated rings. The average molecular weight is 297 g/mol. The molecule has 0 atom stereocenters. The van der Waals surface area contributed by atoms with E-state index in [4.69, 9.17) is 0 Å². The molecule has 0 N–H and O–H groups in total. The maximum Gasteiger partial charge on any atom is 0.253 e. The van der Waals surface area contributed by atoms with Crippen molar-refractivity contribution in [3.05, 3.63) is 12.2 Å². The Bertz CT molecular complexity index is 392. The van der Waals surface area contributed by atoms with Crippen LogP contribution in [-0.4, -0.2) is 39.5 Å². The van der Waals surface area contributed by atoms with Crippen molar-refractivity contribution in [1.82, 2.24) is 4.90 Å². The highest BCUT2D eigenvalue weighted by Gasteiger charge is 2.22. The van der Waals surface area contributed by atoms with Crippen LogP contribution in [0.25, 0.3) is 0 Å². The first-order chi connectivity index (χ1) is 9.29. The molecule has 0 bridgehead atoms. The zero-order chi connectivity index (χ0) is 15.2. The van der Waals surface area contributed by atoms with Crippen LogP contribution in [0.2, 0.25) is 0 Å². The summed E-state index contributed by atoms with van der Waals surface area (Å²) in [7, 11) is 0. The van der Waals surface area contributed by atoms with Crippen molar-refractivity contribution < 1.29 is 14.4 Å². The van der Waals surface area contributed by atoms with Crippen LogP contribution in [0.15, 0.2) is 12.2 Å². The second-order valence-electron chi connectivity index (χ2n) is 5.87. The summed E-state index contributed by atoms with van der Waals surface area (Å²) in [6.45, 7) is 6.83. The highest BCUT2D eigenvalue weighted by Crippen LogP contribution is 2.24. The topological polar surface area (TPSA) is 54.5 Å². The van der Waals surface area contributed by atoms with Gasteiger partial charge in [-0.2, -0.15) is 11.8 Å². The van der Waals surface area contributed by atoms with Crippen molar-refractivity contribution in [2.45, 2.75) is 51.2 Å². The molecule has 2 amide bonds. The number of carbonyl (C=O) groups is 3. The summed E-state index contributed by atoms with van der Waals surface area (Å²) in [5.74, 6) is 0.655. The second-order valence-corrected chi connectivity index (χ2v) is 7.79. The third kappa shape index (κ3) is 6.37. The molecule has 0 aromatic rings. The molecule has 0 aromatic heterocycles. The summed E-state index contributed by atoms with van der Waals surface area (Å²) in [5, 5.41) is 0. The summed E-state index contributed by atoms with van der Waals surface area (Å²) >= 11 is 1.86. The Kier molecular flexibility index (Phi) is 6.46. The van der Waals surface area contributed by atoms with E-state index in [0.29, 0.717) is 25.8 Å². The highest BCUT2D eigenvalue weighted by molar-refractivity contribution is 8.00. The van der Waals surface area contributed by atoms with Crippen molar-refractivity contribution in [3.63, 3.8) is 0 Å². The first-order valence-electron chi connectivity index (χ1n) is 6.99. The zero-order valence-electron chi connectivity index (χ0n) is 12.5. The van der Waals surface area contributed by atoms with E-state index >= 15 is 0 Å². The molecule has 5 heteroatoms. The molecule has 0 radical (unpaired) electrons. The lowest BCUT2D eigenvalue weighted by Gasteiger charge is -2.17. The van der Waals surface area contributed by atoms with Crippen LogP contribution in [-0.2, 0) is 14.4 Å². The van der Waals surface area contributed by atoms with Crippen molar-refractivity contribution in [3.8, 4) is 0 Å². The van der Waals surface area contributed by atoms with Gasteiger partial charge in [-0.3, -0.25) is 19.3 Å². The molecule has 0 aromatic carbocycles. The number of Topliss-reactive ketones (excluding diaryl/α,β-unsaturated/α-hetero) is 1. The van der Waals surface area contributed by atoms with Crippen LogP contribution < -0.4 is 0 Å². The van der Waals surface area contributed by atoms with Crippen LogP contribution in [0.5, 0.6) is 0 Å². The lowest BCUT2D eigenvalue weighted by Crippen LogP contribution is -2.31. The highest BCUT2D eigenvalue weighted by atomic mass is 32.2. The molecule has 1 aliphatic rings. The Hall–Kier alpha value is -1.10. The molecule has 112 valence electrons. The Morgan fingerprint density at radius 1 is 1.10 bits per heavy atom. The van der Waals surface area contributed by atoms with Gasteiger partial charge in [0.25, 0.3) is 11.8 Å². The normalized spacial score (nSPS) is 15.2. The predicted molar refractivity (Wildman–Crippen MR) is 81.5 cm³/mol. The number of nitrogens with zero attached hydrogens (tertiary/aromatic N) is 1. The smallest absolute Gasteiger partial charge is 0.253 e. The monoisotopic (exact) mass is 297 g/mol. The van der Waals surface area contributed by atoms with E-state index in [0.717, 1.165) is 12.2 Å². The minimum Gasteiger partial charge on any atom is -0.300 e. The van der Waals surface area contributed by atoms with E-state index in [-0.39, 0.29) is 22.3 Å². The quantitative estimate of drug-likeness (QED) is 0.510. The minimum absolute atomic E-state index is 0.214. The third-order valence-electron chi connectivity index (χ3n) is 2.87. The number of ketones is 1. The largest absolute Gasteiger partial charge is 0.300 e. The summed E-state index contributed by atoms with van der Waals surface area (Å²) < 4.78 is 0.243. The molecule has 0 saturated heterocycles. The molecule has 1 rings (SSSR count). The summed E-state index contributed by atoms with van der Waals surface area (Å²) in [6, 6.07) is 0. The van der Waals surface area contributed by atoms with Crippen molar-refractivity contribution >= 4 is 29.4 Å². The van der Waals surface area contributed by atoms with Gasteiger partial charge in [0.1, 0.15) is 5.78 Å². The van der Waals surface area contributed by atoms with E-state index in [1.807, 2.05) is 11.8 Å². The van der Waals surface area contributed by atoms with Crippen LogP contribution >= 0.6 is 11.8 Å². The van der Waals surface area contributed by atoms with Gasteiger partial charge in [-0.25, -0.2) is 0 Å².